The van der Waals surface area contributed by atoms with Crippen molar-refractivity contribution in [2.45, 2.75) is 0 Å². The second kappa shape index (κ2) is 3.26. The molecule has 1 aromatic heterocycles. The van der Waals surface area contributed by atoms with Crippen LogP contribution >= 0.6 is 0 Å². The summed E-state index contributed by atoms with van der Waals surface area (Å²) >= 11 is 0. The Hall–Kier alpha value is -1.84. The molecule has 0 spiro atoms. The first-order chi connectivity index (χ1) is 6.40. The van der Waals surface area contributed by atoms with Crippen molar-refractivity contribution in [2.75, 3.05) is 12.4 Å². The van der Waals surface area contributed by atoms with Crippen LogP contribution in [0.15, 0.2) is 30.5 Å². The molecule has 13 heavy (non-hydrogen) atoms. The van der Waals surface area contributed by atoms with Crippen LogP contribution in [0.3, 0.4) is 0 Å². The van der Waals surface area contributed by atoms with Crippen molar-refractivity contribution in [3.05, 3.63) is 30.5 Å². The molecule has 0 fully saturated rings. The van der Waals surface area contributed by atoms with E-state index in [4.69, 9.17) is 0 Å². The number of aromatic amines is 1. The summed E-state index contributed by atoms with van der Waals surface area (Å²) in [6.07, 6.45) is 1.70. The predicted molar refractivity (Wildman–Crippen MR) is 51.4 cm³/mol. The minimum atomic E-state index is 0.933. The first-order valence-electron chi connectivity index (χ1n) is 4.04. The lowest BCUT2D eigenvalue weighted by Gasteiger charge is -2.00. The third-order valence-electron chi connectivity index (χ3n) is 1.90. The molecular formula is C9H10N4. The molecule has 0 aliphatic heterocycles. The normalized spacial score (nSPS) is 9.92. The number of nitrogens with zero attached hydrogens (tertiary/aromatic N) is 2. The molecule has 0 saturated carbocycles. The van der Waals surface area contributed by atoms with Crippen LogP contribution in [0.1, 0.15) is 0 Å². The van der Waals surface area contributed by atoms with Gasteiger partial charge < -0.3 is 5.32 Å². The molecule has 0 amide bonds. The molecule has 0 bridgehead atoms. The second-order valence-electron chi connectivity index (χ2n) is 2.70. The third-order valence-corrected chi connectivity index (χ3v) is 1.90. The van der Waals surface area contributed by atoms with Gasteiger partial charge in [-0.25, -0.2) is 0 Å². The Morgan fingerprint density at radius 3 is 2.54 bits per heavy atom. The maximum absolute atomic E-state index is 3.72. The average Bonchev–Trinajstić information content (AvgIpc) is 2.71. The predicted octanol–water partition coefficient (Wildman–Crippen LogP) is 1.51. The van der Waals surface area contributed by atoms with Gasteiger partial charge in [0.2, 0.25) is 0 Å². The van der Waals surface area contributed by atoms with Gasteiger partial charge in [0.25, 0.3) is 0 Å². The van der Waals surface area contributed by atoms with Gasteiger partial charge in [-0.1, -0.05) is 17.3 Å². The van der Waals surface area contributed by atoms with Crippen LogP contribution in [0.25, 0.3) is 11.3 Å². The molecule has 4 nitrogen and oxygen atoms in total. The van der Waals surface area contributed by atoms with E-state index in [-0.39, 0.29) is 0 Å². The Labute approximate surface area is 76.0 Å². The van der Waals surface area contributed by atoms with Crippen molar-refractivity contribution in [1.82, 2.24) is 15.4 Å². The van der Waals surface area contributed by atoms with Crippen molar-refractivity contribution in [2.24, 2.45) is 0 Å². The van der Waals surface area contributed by atoms with Gasteiger partial charge in [-0.2, -0.15) is 0 Å². The number of rotatable bonds is 2. The number of benzene rings is 1. The Kier molecular flexibility index (Phi) is 1.96. The number of aromatic nitrogens is 3. The largest absolute Gasteiger partial charge is 0.388 e. The molecule has 2 aromatic rings. The van der Waals surface area contributed by atoms with Crippen molar-refractivity contribution >= 4 is 5.69 Å². The highest BCUT2D eigenvalue weighted by Gasteiger charge is 1.97. The minimum absolute atomic E-state index is 0.933. The zero-order chi connectivity index (χ0) is 9.10. The van der Waals surface area contributed by atoms with Crippen LogP contribution in [0.5, 0.6) is 0 Å². The monoisotopic (exact) mass is 174 g/mol. The maximum Gasteiger partial charge on any atom is 0.0853 e. The van der Waals surface area contributed by atoms with E-state index >= 15 is 0 Å². The minimum Gasteiger partial charge on any atom is -0.388 e. The number of hydrogen-bond donors (Lipinski definition) is 2. The standard InChI is InChI=1S/C9H10N4/c1-10-8-4-2-7(3-5-8)9-6-11-13-12-9/h2-6,10H,1H3,(H,11,12,13). The topological polar surface area (TPSA) is 53.6 Å². The highest BCUT2D eigenvalue weighted by molar-refractivity contribution is 5.61. The van der Waals surface area contributed by atoms with Crippen LogP contribution in [0.4, 0.5) is 5.69 Å². The van der Waals surface area contributed by atoms with Gasteiger partial charge >= 0.3 is 0 Å². The van der Waals surface area contributed by atoms with Gasteiger partial charge in [0, 0.05) is 18.3 Å². The molecule has 1 heterocycles. The summed E-state index contributed by atoms with van der Waals surface area (Å²) < 4.78 is 0. The van der Waals surface area contributed by atoms with Gasteiger partial charge in [-0.3, -0.25) is 5.10 Å². The van der Waals surface area contributed by atoms with E-state index in [1.54, 1.807) is 6.20 Å². The first kappa shape index (κ1) is 7.79. The van der Waals surface area contributed by atoms with Gasteiger partial charge in [0.1, 0.15) is 0 Å². The van der Waals surface area contributed by atoms with E-state index < -0.39 is 0 Å². The van der Waals surface area contributed by atoms with Crippen LogP contribution < -0.4 is 5.32 Å². The lowest BCUT2D eigenvalue weighted by Crippen LogP contribution is -1.86. The molecule has 66 valence electrons. The maximum atomic E-state index is 3.72. The Bertz CT molecular complexity index is 363. The molecule has 4 heteroatoms. The van der Waals surface area contributed by atoms with Crippen molar-refractivity contribution in [3.63, 3.8) is 0 Å². The molecule has 0 unspecified atom stereocenters. The van der Waals surface area contributed by atoms with E-state index in [9.17, 15) is 0 Å². The highest BCUT2D eigenvalue weighted by atomic mass is 15.3. The van der Waals surface area contributed by atoms with E-state index in [2.05, 4.69) is 20.7 Å². The van der Waals surface area contributed by atoms with Crippen LogP contribution in [-0.4, -0.2) is 22.5 Å². The number of H-pyrrole nitrogens is 1. The van der Waals surface area contributed by atoms with Gasteiger partial charge in [0.05, 0.1) is 11.9 Å². The molecule has 0 saturated heterocycles. The number of hydrogen-bond acceptors (Lipinski definition) is 3. The van der Waals surface area contributed by atoms with Crippen LogP contribution in [-0.2, 0) is 0 Å². The molecule has 0 radical (unpaired) electrons. The zero-order valence-corrected chi connectivity index (χ0v) is 7.28. The highest BCUT2D eigenvalue weighted by Crippen LogP contribution is 2.17. The SMILES string of the molecule is CNc1ccc(-c2cnn[nH]2)cc1. The quantitative estimate of drug-likeness (QED) is 0.725. The Morgan fingerprint density at radius 2 is 2.00 bits per heavy atom. The lowest BCUT2D eigenvalue weighted by molar-refractivity contribution is 0.942. The van der Waals surface area contributed by atoms with Gasteiger partial charge in [-0.05, 0) is 12.1 Å². The summed E-state index contributed by atoms with van der Waals surface area (Å²) in [4.78, 5) is 0. The van der Waals surface area contributed by atoms with E-state index in [0.717, 1.165) is 16.9 Å². The first-order valence-corrected chi connectivity index (χ1v) is 4.04. The summed E-state index contributed by atoms with van der Waals surface area (Å²) in [5.74, 6) is 0. The van der Waals surface area contributed by atoms with Crippen molar-refractivity contribution in [1.29, 1.82) is 0 Å². The summed E-state index contributed by atoms with van der Waals surface area (Å²) in [5, 5.41) is 13.2. The van der Waals surface area contributed by atoms with E-state index in [0.29, 0.717) is 0 Å². The van der Waals surface area contributed by atoms with E-state index in [1.165, 1.54) is 0 Å². The fraction of sp³-hybridized carbons (Fsp3) is 0.111. The van der Waals surface area contributed by atoms with E-state index in [1.807, 2.05) is 31.3 Å². The van der Waals surface area contributed by atoms with Crippen molar-refractivity contribution in [3.8, 4) is 11.3 Å². The smallest absolute Gasteiger partial charge is 0.0853 e. The average molecular weight is 174 g/mol. The van der Waals surface area contributed by atoms with Crippen molar-refractivity contribution < 1.29 is 0 Å². The summed E-state index contributed by atoms with van der Waals surface area (Å²) in [6, 6.07) is 8.05. The molecule has 0 atom stereocenters. The summed E-state index contributed by atoms with van der Waals surface area (Å²) in [6.45, 7) is 0. The fourth-order valence-electron chi connectivity index (χ4n) is 1.15. The molecule has 0 aliphatic carbocycles. The molecule has 2 N–H and O–H groups in total. The number of anilines is 1. The van der Waals surface area contributed by atoms with Crippen LogP contribution in [0.2, 0.25) is 0 Å². The molecule has 0 aliphatic rings. The number of nitrogens with one attached hydrogen (secondary N) is 2. The lowest BCUT2D eigenvalue weighted by atomic mass is 10.1. The molecule has 1 aromatic carbocycles. The molecular weight excluding hydrogens is 164 g/mol. The van der Waals surface area contributed by atoms with Gasteiger partial charge in [0.15, 0.2) is 0 Å². The molecule has 2 rings (SSSR count). The Morgan fingerprint density at radius 1 is 1.23 bits per heavy atom. The zero-order valence-electron chi connectivity index (χ0n) is 7.28. The summed E-state index contributed by atoms with van der Waals surface area (Å²) in [5.41, 5.74) is 3.11. The second-order valence-corrected chi connectivity index (χ2v) is 2.70. The Balaban J connectivity index is 2.33. The third kappa shape index (κ3) is 1.51. The van der Waals surface area contributed by atoms with Gasteiger partial charge in [-0.15, -0.1) is 5.10 Å². The fourth-order valence-corrected chi connectivity index (χ4v) is 1.15. The van der Waals surface area contributed by atoms with Crippen LogP contribution in [0, 0.1) is 0 Å². The summed E-state index contributed by atoms with van der Waals surface area (Å²) in [7, 11) is 1.90.